The summed E-state index contributed by atoms with van der Waals surface area (Å²) in [7, 11) is 3.36. The Morgan fingerprint density at radius 1 is 1.12 bits per heavy atom. The lowest BCUT2D eigenvalue weighted by atomic mass is 9.90. The Morgan fingerprint density at radius 3 is 2.31 bits per heavy atom. The Hall–Kier alpha value is -2.24. The summed E-state index contributed by atoms with van der Waals surface area (Å²) in [4.78, 5) is 2.39. The quantitative estimate of drug-likeness (QED) is 0.674. The normalized spacial score (nSPS) is 16.5. The van der Waals surface area contributed by atoms with E-state index in [9.17, 15) is 5.26 Å². The van der Waals surface area contributed by atoms with Gasteiger partial charge < -0.3 is 14.4 Å². The van der Waals surface area contributed by atoms with Crippen molar-refractivity contribution in [1.82, 2.24) is 4.90 Å². The van der Waals surface area contributed by atoms with Crippen LogP contribution >= 0.6 is 0 Å². The standard InChI is InChI=1S/C21H29N3O2/c1-25-20-12-18(13-21(14-20)26-2)6-5-17-7-10-24(11-8-17)16-19(15-23)4-3-9-22/h12-14,17,19H,3-8,10-11,16H2,1-2H3. The van der Waals surface area contributed by atoms with Crippen LogP contribution in [-0.4, -0.2) is 38.8 Å². The van der Waals surface area contributed by atoms with E-state index >= 15 is 0 Å². The molecule has 1 aliphatic rings. The number of nitriles is 2. The number of nitrogens with zero attached hydrogens (tertiary/aromatic N) is 3. The van der Waals surface area contributed by atoms with Crippen molar-refractivity contribution in [1.29, 1.82) is 10.5 Å². The van der Waals surface area contributed by atoms with Gasteiger partial charge in [0.15, 0.2) is 0 Å². The van der Waals surface area contributed by atoms with Crippen LogP contribution in [0.4, 0.5) is 0 Å². The molecule has 1 atom stereocenters. The van der Waals surface area contributed by atoms with Gasteiger partial charge in [-0.3, -0.25) is 0 Å². The van der Waals surface area contributed by atoms with Gasteiger partial charge in [0.2, 0.25) is 0 Å². The molecular weight excluding hydrogens is 326 g/mol. The minimum atomic E-state index is -0.0181. The Kier molecular flexibility index (Phi) is 8.25. The molecule has 1 aliphatic heterocycles. The zero-order valence-corrected chi connectivity index (χ0v) is 15.9. The van der Waals surface area contributed by atoms with Crippen LogP contribution in [0.15, 0.2) is 18.2 Å². The minimum Gasteiger partial charge on any atom is -0.497 e. The summed E-state index contributed by atoms with van der Waals surface area (Å²) in [5.41, 5.74) is 1.25. The molecule has 1 fully saturated rings. The number of methoxy groups -OCH3 is 2. The first-order chi connectivity index (χ1) is 12.7. The van der Waals surface area contributed by atoms with E-state index in [1.165, 1.54) is 24.8 Å². The van der Waals surface area contributed by atoms with Gasteiger partial charge in [0.05, 0.1) is 32.3 Å². The van der Waals surface area contributed by atoms with Gasteiger partial charge in [0.1, 0.15) is 11.5 Å². The Balaban J connectivity index is 1.77. The molecule has 1 aromatic rings. The fraction of sp³-hybridized carbons (Fsp3) is 0.619. The average molecular weight is 355 g/mol. The molecule has 0 N–H and O–H groups in total. The molecule has 26 heavy (non-hydrogen) atoms. The van der Waals surface area contributed by atoms with E-state index in [0.717, 1.165) is 43.5 Å². The summed E-state index contributed by atoms with van der Waals surface area (Å²) in [6.45, 7) is 2.91. The Labute approximate surface area is 157 Å². The van der Waals surface area contributed by atoms with E-state index in [-0.39, 0.29) is 5.92 Å². The minimum absolute atomic E-state index is 0.0181. The highest BCUT2D eigenvalue weighted by Crippen LogP contribution is 2.27. The summed E-state index contributed by atoms with van der Waals surface area (Å²) in [5.74, 6) is 2.39. The summed E-state index contributed by atoms with van der Waals surface area (Å²) >= 11 is 0. The summed E-state index contributed by atoms with van der Waals surface area (Å²) in [6, 6.07) is 10.6. The molecule has 1 saturated heterocycles. The van der Waals surface area contributed by atoms with E-state index in [2.05, 4.69) is 29.2 Å². The molecule has 0 amide bonds. The molecule has 140 valence electrons. The van der Waals surface area contributed by atoms with Crippen LogP contribution in [0.1, 0.15) is 37.7 Å². The molecule has 0 saturated carbocycles. The second kappa shape index (κ2) is 10.7. The van der Waals surface area contributed by atoms with Crippen LogP contribution in [0.3, 0.4) is 0 Å². The van der Waals surface area contributed by atoms with Crippen molar-refractivity contribution in [3.63, 3.8) is 0 Å². The van der Waals surface area contributed by atoms with Gasteiger partial charge in [-0.15, -0.1) is 0 Å². The third-order valence-corrected chi connectivity index (χ3v) is 5.23. The molecule has 0 radical (unpaired) electrons. The second-order valence-corrected chi connectivity index (χ2v) is 7.03. The van der Waals surface area contributed by atoms with Gasteiger partial charge in [-0.25, -0.2) is 0 Å². The van der Waals surface area contributed by atoms with E-state index in [1.807, 2.05) is 6.07 Å². The van der Waals surface area contributed by atoms with Crippen molar-refractivity contribution in [2.24, 2.45) is 11.8 Å². The van der Waals surface area contributed by atoms with Crippen LogP contribution in [0.5, 0.6) is 11.5 Å². The van der Waals surface area contributed by atoms with E-state index in [0.29, 0.717) is 12.8 Å². The number of rotatable bonds is 9. The van der Waals surface area contributed by atoms with E-state index in [1.54, 1.807) is 14.2 Å². The lowest BCUT2D eigenvalue weighted by molar-refractivity contribution is 0.165. The lowest BCUT2D eigenvalue weighted by Gasteiger charge is -2.33. The first-order valence-corrected chi connectivity index (χ1v) is 9.39. The molecule has 0 aliphatic carbocycles. The van der Waals surface area contributed by atoms with Crippen molar-refractivity contribution in [2.45, 2.75) is 38.5 Å². The molecule has 0 bridgehead atoms. The second-order valence-electron chi connectivity index (χ2n) is 7.03. The zero-order valence-electron chi connectivity index (χ0n) is 15.9. The van der Waals surface area contributed by atoms with Crippen LogP contribution < -0.4 is 9.47 Å². The maximum atomic E-state index is 9.22. The van der Waals surface area contributed by atoms with Gasteiger partial charge in [0, 0.05) is 19.0 Å². The smallest absolute Gasteiger partial charge is 0.122 e. The Bertz CT molecular complexity index is 617. The maximum absolute atomic E-state index is 9.22. The van der Waals surface area contributed by atoms with Crippen LogP contribution in [-0.2, 0) is 6.42 Å². The number of hydrogen-bond acceptors (Lipinski definition) is 5. The topological polar surface area (TPSA) is 69.3 Å². The van der Waals surface area contributed by atoms with Crippen LogP contribution in [0.25, 0.3) is 0 Å². The van der Waals surface area contributed by atoms with Crippen LogP contribution in [0, 0.1) is 34.5 Å². The molecule has 1 aromatic carbocycles. The molecule has 1 heterocycles. The third-order valence-electron chi connectivity index (χ3n) is 5.23. The van der Waals surface area contributed by atoms with E-state index < -0.39 is 0 Å². The molecule has 0 aromatic heterocycles. The van der Waals surface area contributed by atoms with Crippen molar-refractivity contribution >= 4 is 0 Å². The average Bonchev–Trinajstić information content (AvgIpc) is 2.70. The molecule has 2 rings (SSSR count). The summed E-state index contributed by atoms with van der Waals surface area (Å²) in [6.07, 6.45) is 5.71. The van der Waals surface area contributed by atoms with Gasteiger partial charge >= 0.3 is 0 Å². The molecule has 1 unspecified atom stereocenters. The van der Waals surface area contributed by atoms with Gasteiger partial charge in [-0.1, -0.05) is 0 Å². The van der Waals surface area contributed by atoms with Crippen LogP contribution in [0.2, 0.25) is 0 Å². The highest BCUT2D eigenvalue weighted by molar-refractivity contribution is 5.38. The highest BCUT2D eigenvalue weighted by atomic mass is 16.5. The van der Waals surface area contributed by atoms with Crippen molar-refractivity contribution in [3.05, 3.63) is 23.8 Å². The molecule has 0 spiro atoms. The number of ether oxygens (including phenoxy) is 2. The number of benzene rings is 1. The lowest BCUT2D eigenvalue weighted by Crippen LogP contribution is -2.37. The van der Waals surface area contributed by atoms with E-state index in [4.69, 9.17) is 14.7 Å². The number of piperidine rings is 1. The first-order valence-electron chi connectivity index (χ1n) is 9.39. The summed E-state index contributed by atoms with van der Waals surface area (Å²) in [5, 5.41) is 17.9. The third kappa shape index (κ3) is 6.24. The van der Waals surface area contributed by atoms with Gasteiger partial charge in [0.25, 0.3) is 0 Å². The fourth-order valence-corrected chi connectivity index (χ4v) is 3.59. The summed E-state index contributed by atoms with van der Waals surface area (Å²) < 4.78 is 10.7. The molecule has 5 nitrogen and oxygen atoms in total. The highest BCUT2D eigenvalue weighted by Gasteiger charge is 2.21. The van der Waals surface area contributed by atoms with Crippen molar-refractivity contribution in [3.8, 4) is 23.6 Å². The van der Waals surface area contributed by atoms with Gasteiger partial charge in [-0.05, 0) is 68.8 Å². The maximum Gasteiger partial charge on any atom is 0.122 e. The number of likely N-dealkylation sites (tertiary alicyclic amines) is 1. The molecular formula is C21H29N3O2. The Morgan fingerprint density at radius 2 is 1.77 bits per heavy atom. The SMILES string of the molecule is COc1cc(CCC2CCN(CC(C#N)CCC#N)CC2)cc(OC)c1. The van der Waals surface area contributed by atoms with Crippen molar-refractivity contribution in [2.75, 3.05) is 33.9 Å². The fourth-order valence-electron chi connectivity index (χ4n) is 3.59. The largest absolute Gasteiger partial charge is 0.497 e. The van der Waals surface area contributed by atoms with Crippen molar-refractivity contribution < 1.29 is 9.47 Å². The molecule has 5 heteroatoms. The number of aryl methyl sites for hydroxylation is 1. The number of hydrogen-bond donors (Lipinski definition) is 0. The van der Waals surface area contributed by atoms with Gasteiger partial charge in [-0.2, -0.15) is 10.5 Å². The zero-order chi connectivity index (χ0) is 18.8. The predicted molar refractivity (Wildman–Crippen MR) is 101 cm³/mol. The monoisotopic (exact) mass is 355 g/mol. The first kappa shape index (κ1) is 20.1. The predicted octanol–water partition coefficient (Wildman–Crippen LogP) is 3.79.